The minimum atomic E-state index is -0.300. The van der Waals surface area contributed by atoms with Gasteiger partial charge in [0.25, 0.3) is 5.91 Å². The molecule has 1 N–H and O–H groups in total. The maximum absolute atomic E-state index is 13.0. The molecule has 160 valence electrons. The van der Waals surface area contributed by atoms with Gasteiger partial charge in [0.15, 0.2) is 5.82 Å². The molecule has 4 aromatic heterocycles. The van der Waals surface area contributed by atoms with E-state index >= 15 is 0 Å². The van der Waals surface area contributed by atoms with Crippen LogP contribution in [0.15, 0.2) is 79.5 Å². The average Bonchev–Trinajstić information content (AvgIpc) is 3.59. The highest BCUT2D eigenvalue weighted by Gasteiger charge is 2.27. The fraction of sp³-hybridized carbons (Fsp3) is 0.120. The van der Waals surface area contributed by atoms with Crippen LogP contribution in [0.1, 0.15) is 29.4 Å². The Bertz CT molecular complexity index is 1490. The quantitative estimate of drug-likeness (QED) is 0.437. The van der Waals surface area contributed by atoms with Gasteiger partial charge in [-0.05, 0) is 54.8 Å². The van der Waals surface area contributed by atoms with Crippen molar-refractivity contribution in [2.45, 2.75) is 18.9 Å². The molecule has 1 aliphatic rings. The maximum Gasteiger partial charge on any atom is 0.274 e. The first-order chi connectivity index (χ1) is 16.2. The summed E-state index contributed by atoms with van der Waals surface area (Å²) in [6.07, 6.45) is 9.07. The number of pyridine rings is 3. The van der Waals surface area contributed by atoms with E-state index in [-0.39, 0.29) is 5.91 Å². The number of amides is 1. The SMILES string of the molecule is O=C(Nc1ccnc(-c2nncn2C2CC2)c1)c1cc(-c2cnc3ccccc3c2)ccn1. The van der Waals surface area contributed by atoms with Gasteiger partial charge in [0.2, 0.25) is 0 Å². The van der Waals surface area contributed by atoms with Crippen LogP contribution < -0.4 is 5.32 Å². The Morgan fingerprint density at radius 1 is 0.939 bits per heavy atom. The zero-order valence-electron chi connectivity index (χ0n) is 17.6. The predicted octanol–water partition coefficient (Wildman–Crippen LogP) is 4.54. The summed E-state index contributed by atoms with van der Waals surface area (Å²) in [6, 6.07) is 17.6. The molecule has 1 aliphatic carbocycles. The summed E-state index contributed by atoms with van der Waals surface area (Å²) in [4.78, 5) is 26.1. The summed E-state index contributed by atoms with van der Waals surface area (Å²) in [5.41, 5.74) is 4.34. The van der Waals surface area contributed by atoms with Gasteiger partial charge >= 0.3 is 0 Å². The molecule has 0 radical (unpaired) electrons. The number of hydrogen-bond acceptors (Lipinski definition) is 6. The molecule has 0 unspecified atom stereocenters. The van der Waals surface area contributed by atoms with Crippen molar-refractivity contribution in [3.05, 3.63) is 85.2 Å². The number of anilines is 1. The predicted molar refractivity (Wildman–Crippen MR) is 124 cm³/mol. The molecule has 8 heteroatoms. The Kier molecular flexibility index (Phi) is 4.61. The van der Waals surface area contributed by atoms with Crippen LogP contribution >= 0.6 is 0 Å². The highest BCUT2D eigenvalue weighted by molar-refractivity contribution is 6.03. The summed E-state index contributed by atoms with van der Waals surface area (Å²) < 4.78 is 2.04. The van der Waals surface area contributed by atoms with Crippen molar-refractivity contribution in [1.29, 1.82) is 0 Å². The number of fused-ring (bicyclic) bond motifs is 1. The second kappa shape index (κ2) is 7.90. The first kappa shape index (κ1) is 19.2. The fourth-order valence-electron chi connectivity index (χ4n) is 3.83. The molecule has 4 heterocycles. The number of nitrogens with zero attached hydrogens (tertiary/aromatic N) is 6. The highest BCUT2D eigenvalue weighted by Crippen LogP contribution is 2.37. The third-order valence-corrected chi connectivity index (χ3v) is 5.68. The molecule has 0 spiro atoms. The van der Waals surface area contributed by atoms with Crippen LogP contribution in [0.25, 0.3) is 33.5 Å². The van der Waals surface area contributed by atoms with Gasteiger partial charge in [0, 0.05) is 41.3 Å². The third-order valence-electron chi connectivity index (χ3n) is 5.68. The van der Waals surface area contributed by atoms with Gasteiger partial charge in [0.1, 0.15) is 17.7 Å². The molecule has 0 saturated heterocycles. The number of para-hydroxylation sites is 1. The van der Waals surface area contributed by atoms with E-state index in [0.717, 1.165) is 34.9 Å². The second-order valence-corrected chi connectivity index (χ2v) is 8.02. The van der Waals surface area contributed by atoms with Crippen LogP contribution in [-0.4, -0.2) is 35.6 Å². The molecule has 1 aromatic carbocycles. The molecule has 0 atom stereocenters. The summed E-state index contributed by atoms with van der Waals surface area (Å²) in [5.74, 6) is 0.406. The Morgan fingerprint density at radius 3 is 2.73 bits per heavy atom. The van der Waals surface area contributed by atoms with E-state index < -0.39 is 0 Å². The van der Waals surface area contributed by atoms with Crippen molar-refractivity contribution in [3.8, 4) is 22.6 Å². The molecule has 0 aliphatic heterocycles. The monoisotopic (exact) mass is 433 g/mol. The number of hydrogen-bond donors (Lipinski definition) is 1. The van der Waals surface area contributed by atoms with Gasteiger partial charge in [-0.25, -0.2) is 0 Å². The zero-order valence-corrected chi connectivity index (χ0v) is 17.6. The third kappa shape index (κ3) is 3.82. The van der Waals surface area contributed by atoms with Crippen LogP contribution in [0.4, 0.5) is 5.69 Å². The van der Waals surface area contributed by atoms with Gasteiger partial charge in [-0.2, -0.15) is 0 Å². The van der Waals surface area contributed by atoms with Crippen LogP contribution in [0.5, 0.6) is 0 Å². The number of rotatable bonds is 5. The Labute approximate surface area is 189 Å². The normalized spacial score (nSPS) is 13.2. The summed E-state index contributed by atoms with van der Waals surface area (Å²) in [7, 11) is 0. The topological polar surface area (TPSA) is 98.5 Å². The molecular formula is C25H19N7O. The van der Waals surface area contributed by atoms with E-state index in [9.17, 15) is 4.79 Å². The van der Waals surface area contributed by atoms with Crippen LogP contribution in [0.3, 0.4) is 0 Å². The standard InChI is InChI=1S/C25H19N7O/c33-25(30-19-8-10-26-22(13-19)24-31-29-15-32(24)20-5-6-20)23-12-16(7-9-27-23)18-11-17-3-1-2-4-21(17)28-14-18/h1-4,7-15,20H,5-6H2,(H,26,30,33). The van der Waals surface area contributed by atoms with E-state index in [4.69, 9.17) is 0 Å². The lowest BCUT2D eigenvalue weighted by atomic mass is 10.1. The van der Waals surface area contributed by atoms with Crippen LogP contribution in [0.2, 0.25) is 0 Å². The Balaban J connectivity index is 1.25. The summed E-state index contributed by atoms with van der Waals surface area (Å²) >= 11 is 0. The number of carbonyl (C=O) groups excluding carboxylic acids is 1. The van der Waals surface area contributed by atoms with E-state index in [1.54, 1.807) is 36.9 Å². The second-order valence-electron chi connectivity index (χ2n) is 8.02. The molecule has 1 amide bonds. The van der Waals surface area contributed by atoms with Gasteiger partial charge in [0.05, 0.1) is 5.52 Å². The fourth-order valence-corrected chi connectivity index (χ4v) is 3.83. The summed E-state index contributed by atoms with van der Waals surface area (Å²) in [5, 5.41) is 12.2. The van der Waals surface area contributed by atoms with E-state index in [1.165, 1.54) is 0 Å². The molecule has 1 saturated carbocycles. The van der Waals surface area contributed by atoms with Gasteiger partial charge in [-0.15, -0.1) is 10.2 Å². The van der Waals surface area contributed by atoms with Gasteiger partial charge in [-0.3, -0.25) is 19.7 Å². The lowest BCUT2D eigenvalue weighted by Crippen LogP contribution is -2.14. The summed E-state index contributed by atoms with van der Waals surface area (Å²) in [6.45, 7) is 0. The molecular weight excluding hydrogens is 414 g/mol. The van der Waals surface area contributed by atoms with Crippen molar-refractivity contribution in [1.82, 2.24) is 29.7 Å². The van der Waals surface area contributed by atoms with Crippen LogP contribution in [-0.2, 0) is 0 Å². The van der Waals surface area contributed by atoms with Crippen molar-refractivity contribution >= 4 is 22.5 Å². The molecule has 8 nitrogen and oxygen atoms in total. The maximum atomic E-state index is 13.0. The number of carbonyl (C=O) groups is 1. The Morgan fingerprint density at radius 2 is 1.82 bits per heavy atom. The lowest BCUT2D eigenvalue weighted by molar-refractivity contribution is 0.102. The minimum Gasteiger partial charge on any atom is -0.321 e. The first-order valence-corrected chi connectivity index (χ1v) is 10.7. The van der Waals surface area contributed by atoms with Crippen LogP contribution in [0, 0.1) is 0 Å². The van der Waals surface area contributed by atoms with Gasteiger partial charge in [-0.1, -0.05) is 18.2 Å². The van der Waals surface area contributed by atoms with E-state index in [0.29, 0.717) is 28.9 Å². The Hall–Kier alpha value is -4.46. The molecule has 1 fully saturated rings. The van der Waals surface area contributed by atoms with Gasteiger partial charge < -0.3 is 9.88 Å². The van der Waals surface area contributed by atoms with Crippen molar-refractivity contribution in [2.75, 3.05) is 5.32 Å². The van der Waals surface area contributed by atoms with E-state index in [1.807, 2.05) is 41.1 Å². The average molecular weight is 433 g/mol. The molecule has 6 rings (SSSR count). The zero-order chi connectivity index (χ0) is 22.2. The highest BCUT2D eigenvalue weighted by atomic mass is 16.1. The first-order valence-electron chi connectivity index (χ1n) is 10.7. The van der Waals surface area contributed by atoms with Crippen molar-refractivity contribution < 1.29 is 4.79 Å². The molecule has 33 heavy (non-hydrogen) atoms. The molecule has 0 bridgehead atoms. The lowest BCUT2D eigenvalue weighted by Gasteiger charge is -2.09. The van der Waals surface area contributed by atoms with Crippen molar-refractivity contribution in [2.24, 2.45) is 0 Å². The minimum absolute atomic E-state index is 0.300. The van der Waals surface area contributed by atoms with Crippen molar-refractivity contribution in [3.63, 3.8) is 0 Å². The molecule has 5 aromatic rings. The smallest absolute Gasteiger partial charge is 0.274 e. The largest absolute Gasteiger partial charge is 0.321 e. The van der Waals surface area contributed by atoms with E-state index in [2.05, 4.69) is 36.5 Å². The number of aromatic nitrogens is 6. The number of nitrogens with one attached hydrogen (secondary N) is 1. The number of benzene rings is 1.